The van der Waals surface area contributed by atoms with E-state index < -0.39 is 0 Å². The lowest BCUT2D eigenvalue weighted by molar-refractivity contribution is -0.0881. The van der Waals surface area contributed by atoms with Crippen molar-refractivity contribution < 1.29 is 9.53 Å². The van der Waals surface area contributed by atoms with Crippen molar-refractivity contribution in [3.8, 4) is 0 Å². The number of benzene rings is 1. The second kappa shape index (κ2) is 4.68. The number of amides is 1. The Bertz CT molecular complexity index is 785. The minimum atomic E-state index is -0.308. The van der Waals surface area contributed by atoms with E-state index in [0.29, 0.717) is 12.5 Å². The molecule has 4 aliphatic rings. The molecule has 0 radical (unpaired) electrons. The number of carbonyl (C=O) groups excluding carboxylic acids is 1. The van der Waals surface area contributed by atoms with Gasteiger partial charge in [-0.1, -0.05) is 6.07 Å². The van der Waals surface area contributed by atoms with E-state index in [9.17, 15) is 4.79 Å². The van der Waals surface area contributed by atoms with Crippen molar-refractivity contribution in [3.05, 3.63) is 36.5 Å². The van der Waals surface area contributed by atoms with Crippen LogP contribution in [0, 0.1) is 5.92 Å². The van der Waals surface area contributed by atoms with Crippen LogP contribution in [0.1, 0.15) is 12.8 Å². The van der Waals surface area contributed by atoms with Crippen molar-refractivity contribution in [3.63, 3.8) is 0 Å². The first-order chi connectivity index (χ1) is 11.2. The maximum atomic E-state index is 12.5. The van der Waals surface area contributed by atoms with Crippen molar-refractivity contribution in [2.75, 3.05) is 31.1 Å². The molecule has 23 heavy (non-hydrogen) atoms. The zero-order valence-corrected chi connectivity index (χ0v) is 12.9. The van der Waals surface area contributed by atoms with Gasteiger partial charge in [0.05, 0.1) is 12.1 Å². The van der Waals surface area contributed by atoms with Crippen LogP contribution in [0.4, 0.5) is 10.5 Å². The summed E-state index contributed by atoms with van der Waals surface area (Å²) in [6, 6.07) is 9.92. The van der Waals surface area contributed by atoms with E-state index >= 15 is 0 Å². The van der Waals surface area contributed by atoms with Crippen molar-refractivity contribution in [2.45, 2.75) is 18.4 Å². The van der Waals surface area contributed by atoms with E-state index in [1.807, 2.05) is 30.3 Å². The summed E-state index contributed by atoms with van der Waals surface area (Å²) < 4.78 is 5.93. The fraction of sp³-hybridized carbons (Fsp3) is 0.444. The number of aromatic nitrogens is 1. The summed E-state index contributed by atoms with van der Waals surface area (Å²) in [5, 5.41) is 1.05. The van der Waals surface area contributed by atoms with E-state index in [1.165, 1.54) is 0 Å². The average molecular weight is 309 g/mol. The molecule has 4 fully saturated rings. The Morgan fingerprint density at radius 2 is 2.04 bits per heavy atom. The zero-order valence-electron chi connectivity index (χ0n) is 12.9. The highest BCUT2D eigenvalue weighted by Crippen LogP contribution is 2.43. The number of fused-ring (bicyclic) bond motifs is 3. The Hall–Kier alpha value is -2.14. The van der Waals surface area contributed by atoms with Crippen molar-refractivity contribution in [1.82, 2.24) is 9.88 Å². The second-order valence-corrected chi connectivity index (χ2v) is 6.95. The monoisotopic (exact) mass is 309 g/mol. The maximum absolute atomic E-state index is 12.5. The van der Waals surface area contributed by atoms with Crippen LogP contribution in [0.5, 0.6) is 0 Å². The van der Waals surface area contributed by atoms with Gasteiger partial charge in [-0.05, 0) is 50.2 Å². The maximum Gasteiger partial charge on any atom is 0.415 e. The van der Waals surface area contributed by atoms with E-state index in [4.69, 9.17) is 4.74 Å². The third-order valence-electron chi connectivity index (χ3n) is 5.66. The molecule has 1 amide bonds. The van der Waals surface area contributed by atoms with Crippen LogP contribution >= 0.6 is 0 Å². The van der Waals surface area contributed by atoms with Gasteiger partial charge in [0.1, 0.15) is 5.60 Å². The molecule has 2 aromatic rings. The highest BCUT2D eigenvalue weighted by molar-refractivity contribution is 5.93. The molecule has 2 bridgehead atoms. The van der Waals surface area contributed by atoms with E-state index in [0.717, 1.165) is 49.1 Å². The average Bonchev–Trinajstić information content (AvgIpc) is 2.91. The molecule has 4 aliphatic heterocycles. The molecule has 5 heteroatoms. The summed E-state index contributed by atoms with van der Waals surface area (Å²) in [4.78, 5) is 21.1. The Balaban J connectivity index is 1.49. The Kier molecular flexibility index (Phi) is 2.71. The number of carbonyl (C=O) groups is 1. The predicted octanol–water partition coefficient (Wildman–Crippen LogP) is 2.66. The molecule has 0 aliphatic carbocycles. The highest BCUT2D eigenvalue weighted by Gasteiger charge is 2.55. The minimum absolute atomic E-state index is 0.206. The third-order valence-corrected chi connectivity index (χ3v) is 5.66. The molecule has 4 saturated heterocycles. The second-order valence-electron chi connectivity index (χ2n) is 6.95. The summed E-state index contributed by atoms with van der Waals surface area (Å²) in [6.45, 7) is 3.84. The molecule has 5 heterocycles. The molecule has 6 rings (SSSR count). The van der Waals surface area contributed by atoms with Gasteiger partial charge in [-0.15, -0.1) is 0 Å². The number of hydrogen-bond acceptors (Lipinski definition) is 4. The van der Waals surface area contributed by atoms with E-state index in [1.54, 1.807) is 11.1 Å². The molecule has 1 aromatic heterocycles. The Morgan fingerprint density at radius 3 is 2.83 bits per heavy atom. The van der Waals surface area contributed by atoms with E-state index in [-0.39, 0.29) is 11.7 Å². The molecule has 0 unspecified atom stereocenters. The number of pyridine rings is 1. The van der Waals surface area contributed by atoms with Gasteiger partial charge in [-0.3, -0.25) is 14.8 Å². The van der Waals surface area contributed by atoms with Gasteiger partial charge >= 0.3 is 6.09 Å². The van der Waals surface area contributed by atoms with Crippen LogP contribution in [0.15, 0.2) is 36.5 Å². The summed E-state index contributed by atoms with van der Waals surface area (Å²) in [5.41, 5.74) is 1.54. The van der Waals surface area contributed by atoms with Gasteiger partial charge < -0.3 is 4.74 Å². The number of rotatable bonds is 1. The van der Waals surface area contributed by atoms with Crippen molar-refractivity contribution in [2.24, 2.45) is 5.92 Å². The van der Waals surface area contributed by atoms with Gasteiger partial charge in [0.25, 0.3) is 0 Å². The van der Waals surface area contributed by atoms with E-state index in [2.05, 4.69) is 9.88 Å². The molecule has 1 spiro atoms. The van der Waals surface area contributed by atoms with Crippen LogP contribution in [-0.4, -0.2) is 47.8 Å². The molecular weight excluding hydrogens is 290 g/mol. The lowest BCUT2D eigenvalue weighted by Crippen LogP contribution is -2.61. The fourth-order valence-corrected chi connectivity index (χ4v) is 4.44. The molecule has 0 N–H and O–H groups in total. The fourth-order valence-electron chi connectivity index (χ4n) is 4.44. The van der Waals surface area contributed by atoms with Crippen molar-refractivity contribution in [1.29, 1.82) is 0 Å². The minimum Gasteiger partial charge on any atom is -0.439 e. The zero-order chi connectivity index (χ0) is 15.4. The molecule has 0 saturated carbocycles. The van der Waals surface area contributed by atoms with Gasteiger partial charge in [-0.2, -0.15) is 0 Å². The molecule has 1 aromatic carbocycles. The quantitative estimate of drug-likeness (QED) is 0.812. The van der Waals surface area contributed by atoms with Gasteiger partial charge in [0.2, 0.25) is 0 Å². The first kappa shape index (κ1) is 13.3. The lowest BCUT2D eigenvalue weighted by atomic mass is 9.75. The Labute approximate surface area is 134 Å². The Morgan fingerprint density at radius 1 is 1.17 bits per heavy atom. The first-order valence-electron chi connectivity index (χ1n) is 8.31. The smallest absolute Gasteiger partial charge is 0.415 e. The van der Waals surface area contributed by atoms with Crippen LogP contribution in [-0.2, 0) is 4.74 Å². The van der Waals surface area contributed by atoms with Crippen LogP contribution in [0.3, 0.4) is 0 Å². The molecule has 118 valence electrons. The van der Waals surface area contributed by atoms with Crippen LogP contribution in [0.2, 0.25) is 0 Å². The van der Waals surface area contributed by atoms with Gasteiger partial charge in [0.15, 0.2) is 0 Å². The predicted molar refractivity (Wildman–Crippen MR) is 87.5 cm³/mol. The lowest BCUT2D eigenvalue weighted by Gasteiger charge is -2.49. The number of anilines is 1. The standard InChI is InChI=1S/C18H19N3O2/c22-17-21(15-3-4-16-13(10-15)2-1-7-19-16)12-18(23-17)11-20-8-5-14(18)6-9-20/h1-4,7,10,14H,5-6,8-9,11-12H2/t18-/m1/s1. The van der Waals surface area contributed by atoms with Gasteiger partial charge in [0, 0.05) is 29.7 Å². The molecular formula is C18H19N3O2. The third kappa shape index (κ3) is 1.96. The van der Waals surface area contributed by atoms with Crippen LogP contribution < -0.4 is 4.90 Å². The number of nitrogens with zero attached hydrogens (tertiary/aromatic N) is 3. The topological polar surface area (TPSA) is 45.7 Å². The largest absolute Gasteiger partial charge is 0.439 e. The van der Waals surface area contributed by atoms with Crippen LogP contribution in [0.25, 0.3) is 10.9 Å². The molecule has 5 nitrogen and oxygen atoms in total. The summed E-state index contributed by atoms with van der Waals surface area (Å²) in [6.07, 6.45) is 3.86. The number of piperidine rings is 3. The number of hydrogen-bond donors (Lipinski definition) is 0. The summed E-state index contributed by atoms with van der Waals surface area (Å²) in [7, 11) is 0. The summed E-state index contributed by atoms with van der Waals surface area (Å²) in [5.74, 6) is 0.503. The summed E-state index contributed by atoms with van der Waals surface area (Å²) >= 11 is 0. The number of ether oxygens (including phenoxy) is 1. The normalized spacial score (nSPS) is 32.7. The first-order valence-corrected chi connectivity index (χ1v) is 8.31. The molecule has 1 atom stereocenters. The van der Waals surface area contributed by atoms with Gasteiger partial charge in [-0.25, -0.2) is 4.79 Å². The van der Waals surface area contributed by atoms with Crippen molar-refractivity contribution >= 4 is 22.7 Å². The SMILES string of the molecule is O=C1O[C@]2(CN3CCC2CC3)CN1c1ccc2ncccc2c1. The highest BCUT2D eigenvalue weighted by atomic mass is 16.6.